The molecule has 0 N–H and O–H groups in total. The third-order valence-electron chi connectivity index (χ3n) is 5.20. The summed E-state index contributed by atoms with van der Waals surface area (Å²) in [7, 11) is 0. The predicted molar refractivity (Wildman–Crippen MR) is 89.8 cm³/mol. The second-order valence-corrected chi connectivity index (χ2v) is 6.76. The highest BCUT2D eigenvalue weighted by atomic mass is 16.3. The van der Waals surface area contributed by atoms with Crippen molar-refractivity contribution >= 4 is 11.8 Å². The van der Waals surface area contributed by atoms with E-state index in [-0.39, 0.29) is 17.9 Å². The Balaban J connectivity index is 1.63. The summed E-state index contributed by atoms with van der Waals surface area (Å²) in [6, 6.07) is 3.65. The van der Waals surface area contributed by atoms with Crippen LogP contribution in [-0.2, 0) is 17.9 Å². The molecule has 2 aromatic heterocycles. The highest BCUT2D eigenvalue weighted by molar-refractivity contribution is 5.95. The van der Waals surface area contributed by atoms with Crippen LogP contribution in [0.4, 0.5) is 0 Å². The van der Waals surface area contributed by atoms with Crippen LogP contribution in [0.15, 0.2) is 29.0 Å². The van der Waals surface area contributed by atoms with E-state index >= 15 is 0 Å². The molecule has 25 heavy (non-hydrogen) atoms. The average molecular weight is 342 g/mol. The van der Waals surface area contributed by atoms with Gasteiger partial charge in [0.15, 0.2) is 0 Å². The molecule has 2 aromatic rings. The molecule has 2 aliphatic heterocycles. The Kier molecular flexibility index (Phi) is 4.07. The van der Waals surface area contributed by atoms with Gasteiger partial charge in [-0.25, -0.2) is 0 Å². The second kappa shape index (κ2) is 6.38. The van der Waals surface area contributed by atoms with E-state index in [0.717, 1.165) is 31.6 Å². The number of hydrogen-bond donors (Lipinski definition) is 0. The quantitative estimate of drug-likeness (QED) is 0.853. The predicted octanol–water partition coefficient (Wildman–Crippen LogP) is 1.82. The molecule has 0 spiro atoms. The fraction of sp³-hybridized carbons (Fsp3) is 0.500. The number of rotatable bonds is 3. The van der Waals surface area contributed by atoms with Gasteiger partial charge in [0, 0.05) is 32.3 Å². The highest BCUT2D eigenvalue weighted by Crippen LogP contribution is 2.23. The molecule has 0 saturated carbocycles. The summed E-state index contributed by atoms with van der Waals surface area (Å²) in [5.74, 6) is 0.769. The molecule has 7 nitrogen and oxygen atoms in total. The van der Waals surface area contributed by atoms with Crippen LogP contribution < -0.4 is 0 Å². The topological polar surface area (TPSA) is 71.6 Å². The first-order valence-electron chi connectivity index (χ1n) is 8.77. The fourth-order valence-corrected chi connectivity index (χ4v) is 3.77. The third-order valence-corrected chi connectivity index (χ3v) is 5.20. The van der Waals surface area contributed by atoms with Crippen molar-refractivity contribution in [2.24, 2.45) is 0 Å². The van der Waals surface area contributed by atoms with Crippen LogP contribution >= 0.6 is 0 Å². The smallest absolute Gasteiger partial charge is 0.258 e. The van der Waals surface area contributed by atoms with Crippen molar-refractivity contribution in [3.05, 3.63) is 41.6 Å². The van der Waals surface area contributed by atoms with E-state index in [1.54, 1.807) is 25.5 Å². The lowest BCUT2D eigenvalue weighted by atomic mass is 10.1. The van der Waals surface area contributed by atoms with Gasteiger partial charge in [0.2, 0.25) is 5.91 Å². The molecule has 0 aromatic carbocycles. The van der Waals surface area contributed by atoms with Gasteiger partial charge in [-0.05, 0) is 31.9 Å². The number of hydrogen-bond acceptors (Lipinski definition) is 4. The van der Waals surface area contributed by atoms with E-state index in [9.17, 15) is 9.59 Å². The number of furan rings is 1. The molecule has 1 fully saturated rings. The number of likely N-dealkylation sites (tertiary alicyclic amines) is 1. The molecule has 2 amide bonds. The summed E-state index contributed by atoms with van der Waals surface area (Å²) in [6.07, 6.45) is 5.61. The van der Waals surface area contributed by atoms with Crippen LogP contribution in [0.1, 0.15) is 41.1 Å². The Bertz CT molecular complexity index is 794. The summed E-state index contributed by atoms with van der Waals surface area (Å²) in [5, 5.41) is 4.35. The Hall–Kier alpha value is -2.57. The maximum atomic E-state index is 13.2. The summed E-state index contributed by atoms with van der Waals surface area (Å²) >= 11 is 0. The van der Waals surface area contributed by atoms with Crippen LogP contribution in [0, 0.1) is 6.92 Å². The van der Waals surface area contributed by atoms with Crippen molar-refractivity contribution in [2.75, 3.05) is 13.1 Å². The summed E-state index contributed by atoms with van der Waals surface area (Å²) < 4.78 is 7.27. The van der Waals surface area contributed by atoms with Crippen LogP contribution in [-0.4, -0.2) is 50.5 Å². The van der Waals surface area contributed by atoms with Crippen molar-refractivity contribution in [1.29, 1.82) is 0 Å². The molecule has 0 aliphatic carbocycles. The molecule has 0 radical (unpaired) electrons. The van der Waals surface area contributed by atoms with Gasteiger partial charge >= 0.3 is 0 Å². The average Bonchev–Trinajstić information content (AvgIpc) is 3.29. The van der Waals surface area contributed by atoms with Crippen LogP contribution in [0.3, 0.4) is 0 Å². The van der Waals surface area contributed by atoms with Crippen molar-refractivity contribution in [2.45, 2.75) is 45.3 Å². The van der Waals surface area contributed by atoms with Crippen molar-refractivity contribution < 1.29 is 14.0 Å². The largest absolute Gasteiger partial charge is 0.469 e. The standard InChI is InChI=1S/C18H22N4O3/c1-13-16(6-10-25-13)18(24)21-12-15-4-7-19-22(15)9-5-14(21)11-20-8-2-3-17(20)23/h4,6-7,10,14H,2-3,5,8-9,11-12H2,1H3/t14-/m1/s1. The first-order chi connectivity index (χ1) is 12.1. The van der Waals surface area contributed by atoms with E-state index in [2.05, 4.69) is 5.10 Å². The molecule has 0 unspecified atom stereocenters. The number of aryl methyl sites for hydroxylation is 2. The lowest BCUT2D eigenvalue weighted by molar-refractivity contribution is -0.128. The monoisotopic (exact) mass is 342 g/mol. The van der Waals surface area contributed by atoms with Crippen molar-refractivity contribution in [1.82, 2.24) is 19.6 Å². The van der Waals surface area contributed by atoms with E-state index < -0.39 is 0 Å². The number of fused-ring (bicyclic) bond motifs is 1. The van der Waals surface area contributed by atoms with Gasteiger partial charge < -0.3 is 14.2 Å². The zero-order valence-electron chi connectivity index (χ0n) is 14.4. The summed E-state index contributed by atoms with van der Waals surface area (Å²) in [5.41, 5.74) is 1.61. The maximum Gasteiger partial charge on any atom is 0.258 e. The minimum atomic E-state index is -0.0439. The maximum absolute atomic E-state index is 13.2. The number of carbonyl (C=O) groups is 2. The lowest BCUT2D eigenvalue weighted by Gasteiger charge is -2.32. The molecular formula is C18H22N4O3. The number of carbonyl (C=O) groups excluding carboxylic acids is 2. The highest BCUT2D eigenvalue weighted by Gasteiger charge is 2.33. The van der Waals surface area contributed by atoms with E-state index in [4.69, 9.17) is 4.42 Å². The number of amides is 2. The van der Waals surface area contributed by atoms with Gasteiger partial charge in [-0.3, -0.25) is 14.3 Å². The van der Waals surface area contributed by atoms with Gasteiger partial charge in [0.05, 0.1) is 30.1 Å². The molecule has 2 aliphatic rings. The van der Waals surface area contributed by atoms with E-state index in [0.29, 0.717) is 30.8 Å². The molecule has 132 valence electrons. The molecule has 7 heteroatoms. The third kappa shape index (κ3) is 2.94. The zero-order valence-corrected chi connectivity index (χ0v) is 14.4. The Morgan fingerprint density at radius 3 is 2.96 bits per heavy atom. The van der Waals surface area contributed by atoms with E-state index in [1.165, 1.54) is 0 Å². The Labute approximate surface area is 146 Å². The molecule has 1 atom stereocenters. The molecule has 4 rings (SSSR count). The van der Waals surface area contributed by atoms with Crippen molar-refractivity contribution in [3.63, 3.8) is 0 Å². The van der Waals surface area contributed by atoms with Gasteiger partial charge in [0.25, 0.3) is 5.91 Å². The first-order valence-corrected chi connectivity index (χ1v) is 8.77. The van der Waals surface area contributed by atoms with Crippen molar-refractivity contribution in [3.8, 4) is 0 Å². The second-order valence-electron chi connectivity index (χ2n) is 6.76. The van der Waals surface area contributed by atoms with Gasteiger partial charge in [0.1, 0.15) is 5.76 Å². The summed E-state index contributed by atoms with van der Waals surface area (Å²) in [6.45, 7) is 4.42. The normalized spacial score (nSPS) is 20.7. The minimum absolute atomic E-state index is 0.0226. The Morgan fingerprint density at radius 2 is 2.24 bits per heavy atom. The minimum Gasteiger partial charge on any atom is -0.469 e. The molecule has 4 heterocycles. The molecule has 0 bridgehead atoms. The van der Waals surface area contributed by atoms with Gasteiger partial charge in [-0.15, -0.1) is 0 Å². The van der Waals surface area contributed by atoms with Crippen LogP contribution in [0.5, 0.6) is 0 Å². The fourth-order valence-electron chi connectivity index (χ4n) is 3.77. The Morgan fingerprint density at radius 1 is 1.36 bits per heavy atom. The van der Waals surface area contributed by atoms with Crippen LogP contribution in [0.25, 0.3) is 0 Å². The number of nitrogens with zero attached hydrogens (tertiary/aromatic N) is 4. The molecule has 1 saturated heterocycles. The molecular weight excluding hydrogens is 320 g/mol. The summed E-state index contributed by atoms with van der Waals surface area (Å²) in [4.78, 5) is 29.0. The lowest BCUT2D eigenvalue weighted by Crippen LogP contribution is -2.46. The SMILES string of the molecule is Cc1occc1C(=O)N1Cc2ccnn2CC[C@@H]1CN1CCCC1=O. The van der Waals surface area contributed by atoms with Crippen LogP contribution in [0.2, 0.25) is 0 Å². The zero-order chi connectivity index (χ0) is 17.4. The number of aromatic nitrogens is 2. The van der Waals surface area contributed by atoms with Gasteiger partial charge in [-0.1, -0.05) is 0 Å². The van der Waals surface area contributed by atoms with E-state index in [1.807, 2.05) is 20.5 Å². The van der Waals surface area contributed by atoms with Gasteiger partial charge in [-0.2, -0.15) is 5.10 Å². The first kappa shape index (κ1) is 15.9.